The Morgan fingerprint density at radius 1 is 1.32 bits per heavy atom. The number of nitrogens with zero attached hydrogens (tertiary/aromatic N) is 4. The van der Waals surface area contributed by atoms with Crippen LogP contribution < -0.4 is 10.9 Å². The van der Waals surface area contributed by atoms with Crippen molar-refractivity contribution in [3.8, 4) is 0 Å². The molecule has 25 heavy (non-hydrogen) atoms. The molecule has 0 amide bonds. The molecule has 0 aliphatic carbocycles. The molecule has 0 aliphatic heterocycles. The molecule has 4 rings (SSSR count). The van der Waals surface area contributed by atoms with Crippen LogP contribution in [0.3, 0.4) is 0 Å². The van der Waals surface area contributed by atoms with Crippen molar-refractivity contribution in [1.29, 1.82) is 0 Å². The maximum absolute atomic E-state index is 12.7. The first-order valence-electron chi connectivity index (χ1n) is 8.01. The van der Waals surface area contributed by atoms with Crippen LogP contribution in [0.2, 0.25) is 0 Å². The van der Waals surface area contributed by atoms with Crippen LogP contribution in [0.4, 0.5) is 0 Å². The topological polar surface area (TPSA) is 99.0 Å². The molecule has 1 unspecified atom stereocenters. The first-order valence-corrected chi connectivity index (χ1v) is 8.01. The van der Waals surface area contributed by atoms with Gasteiger partial charge in [0, 0.05) is 17.8 Å². The molecule has 0 spiro atoms. The Bertz CT molecular complexity index is 1090. The maximum Gasteiger partial charge on any atom is 0.297 e. The summed E-state index contributed by atoms with van der Waals surface area (Å²) in [5.41, 5.74) is 1.16. The zero-order chi connectivity index (χ0) is 17.4. The standard InChI is InChI=1S/C17H17N5O3/c1-10(18-2)7-13-20-14(25-21-13)8-22-9-19-15-11-5-3-4-6-12(11)24-16(15)17(22)23/h3-6,9-10,18H,7-8H2,1-2H3. The average Bonchev–Trinajstić information content (AvgIpc) is 3.22. The van der Waals surface area contributed by atoms with E-state index in [0.717, 1.165) is 5.39 Å². The smallest absolute Gasteiger partial charge is 0.297 e. The third-order valence-electron chi connectivity index (χ3n) is 4.15. The molecule has 1 atom stereocenters. The van der Waals surface area contributed by atoms with Crippen molar-refractivity contribution >= 4 is 22.1 Å². The molecule has 0 radical (unpaired) electrons. The molecule has 1 aromatic carbocycles. The molecule has 0 saturated heterocycles. The maximum atomic E-state index is 12.7. The van der Waals surface area contributed by atoms with Crippen molar-refractivity contribution in [3.05, 3.63) is 52.7 Å². The third-order valence-corrected chi connectivity index (χ3v) is 4.15. The van der Waals surface area contributed by atoms with Crippen molar-refractivity contribution in [3.63, 3.8) is 0 Å². The lowest BCUT2D eigenvalue weighted by atomic mass is 10.2. The van der Waals surface area contributed by atoms with E-state index in [-0.39, 0.29) is 23.7 Å². The highest BCUT2D eigenvalue weighted by Gasteiger charge is 2.15. The van der Waals surface area contributed by atoms with Crippen LogP contribution in [0.25, 0.3) is 22.1 Å². The summed E-state index contributed by atoms with van der Waals surface area (Å²) in [4.78, 5) is 21.3. The van der Waals surface area contributed by atoms with Gasteiger partial charge in [-0.1, -0.05) is 17.3 Å². The van der Waals surface area contributed by atoms with Gasteiger partial charge < -0.3 is 14.3 Å². The third kappa shape index (κ3) is 2.80. The Morgan fingerprint density at radius 3 is 3.00 bits per heavy atom. The minimum atomic E-state index is -0.274. The molecule has 3 heterocycles. The minimum Gasteiger partial charge on any atom is -0.448 e. The molecule has 128 valence electrons. The Balaban J connectivity index is 1.67. The van der Waals surface area contributed by atoms with E-state index in [9.17, 15) is 4.79 Å². The summed E-state index contributed by atoms with van der Waals surface area (Å²) in [7, 11) is 1.87. The normalized spacial score (nSPS) is 12.9. The summed E-state index contributed by atoms with van der Waals surface area (Å²) in [5.74, 6) is 0.959. The number of hydrogen-bond donors (Lipinski definition) is 1. The number of benzene rings is 1. The summed E-state index contributed by atoms with van der Waals surface area (Å²) in [6, 6.07) is 7.67. The number of aromatic nitrogens is 4. The van der Waals surface area contributed by atoms with Gasteiger partial charge >= 0.3 is 0 Å². The lowest BCUT2D eigenvalue weighted by molar-refractivity contribution is 0.362. The molecule has 0 aliphatic rings. The van der Waals surface area contributed by atoms with Gasteiger partial charge in [0.05, 0.1) is 6.33 Å². The van der Waals surface area contributed by atoms with Gasteiger partial charge in [-0.15, -0.1) is 0 Å². The highest BCUT2D eigenvalue weighted by Crippen LogP contribution is 2.24. The van der Waals surface area contributed by atoms with Crippen LogP contribution >= 0.6 is 0 Å². The Labute approximate surface area is 142 Å². The Morgan fingerprint density at radius 2 is 2.16 bits per heavy atom. The molecular formula is C17H17N5O3. The van der Waals surface area contributed by atoms with Gasteiger partial charge in [-0.25, -0.2) is 4.98 Å². The van der Waals surface area contributed by atoms with E-state index in [1.165, 1.54) is 10.9 Å². The molecule has 4 aromatic rings. The predicted molar refractivity (Wildman–Crippen MR) is 91.4 cm³/mol. The van der Waals surface area contributed by atoms with Crippen LogP contribution in [0.1, 0.15) is 18.6 Å². The van der Waals surface area contributed by atoms with E-state index in [0.29, 0.717) is 29.2 Å². The zero-order valence-electron chi connectivity index (χ0n) is 13.9. The van der Waals surface area contributed by atoms with Crippen LogP contribution in [-0.4, -0.2) is 32.8 Å². The number of nitrogens with one attached hydrogen (secondary N) is 1. The number of likely N-dealkylation sites (N-methyl/N-ethyl adjacent to an activating group) is 1. The molecule has 0 saturated carbocycles. The second kappa shape index (κ2) is 6.14. The lowest BCUT2D eigenvalue weighted by Gasteiger charge is -2.04. The van der Waals surface area contributed by atoms with Crippen molar-refractivity contribution < 1.29 is 8.94 Å². The van der Waals surface area contributed by atoms with Gasteiger partial charge in [0.25, 0.3) is 5.56 Å². The van der Waals surface area contributed by atoms with E-state index in [1.807, 2.05) is 38.2 Å². The van der Waals surface area contributed by atoms with Gasteiger partial charge in [0.1, 0.15) is 17.6 Å². The number of rotatable bonds is 5. The highest BCUT2D eigenvalue weighted by molar-refractivity contribution is 6.01. The summed E-state index contributed by atoms with van der Waals surface area (Å²) in [5, 5.41) is 7.88. The van der Waals surface area contributed by atoms with E-state index in [2.05, 4.69) is 20.4 Å². The summed E-state index contributed by atoms with van der Waals surface area (Å²) in [6.45, 7) is 2.18. The highest BCUT2D eigenvalue weighted by atomic mass is 16.5. The molecule has 3 aromatic heterocycles. The van der Waals surface area contributed by atoms with Gasteiger partial charge in [0.2, 0.25) is 11.5 Å². The van der Waals surface area contributed by atoms with E-state index in [4.69, 9.17) is 8.94 Å². The van der Waals surface area contributed by atoms with Crippen LogP contribution in [0, 0.1) is 0 Å². The van der Waals surface area contributed by atoms with Crippen molar-refractivity contribution in [2.45, 2.75) is 25.9 Å². The largest absolute Gasteiger partial charge is 0.448 e. The van der Waals surface area contributed by atoms with Gasteiger partial charge in [-0.3, -0.25) is 9.36 Å². The zero-order valence-corrected chi connectivity index (χ0v) is 13.9. The van der Waals surface area contributed by atoms with Crippen LogP contribution in [-0.2, 0) is 13.0 Å². The van der Waals surface area contributed by atoms with Gasteiger partial charge in [0.15, 0.2) is 5.82 Å². The van der Waals surface area contributed by atoms with E-state index in [1.54, 1.807) is 0 Å². The molecule has 0 bridgehead atoms. The predicted octanol–water partition coefficient (Wildman–Crippen LogP) is 1.72. The summed E-state index contributed by atoms with van der Waals surface area (Å²) in [6.07, 6.45) is 2.13. The fourth-order valence-corrected chi connectivity index (χ4v) is 2.69. The number of hydrogen-bond acceptors (Lipinski definition) is 7. The first-order chi connectivity index (χ1) is 12.2. The quantitative estimate of drug-likeness (QED) is 0.591. The Hall–Kier alpha value is -3.00. The summed E-state index contributed by atoms with van der Waals surface area (Å²) >= 11 is 0. The second-order valence-electron chi connectivity index (χ2n) is 5.95. The van der Waals surface area contributed by atoms with Crippen molar-refractivity contribution in [2.75, 3.05) is 7.05 Å². The van der Waals surface area contributed by atoms with E-state index >= 15 is 0 Å². The van der Waals surface area contributed by atoms with Crippen LogP contribution in [0.5, 0.6) is 0 Å². The summed E-state index contributed by atoms with van der Waals surface area (Å²) < 4.78 is 12.3. The minimum absolute atomic E-state index is 0.153. The first kappa shape index (κ1) is 15.5. The van der Waals surface area contributed by atoms with Crippen LogP contribution in [0.15, 0.2) is 44.3 Å². The molecule has 1 N–H and O–H groups in total. The Kier molecular flexibility index (Phi) is 3.81. The number of fused-ring (bicyclic) bond motifs is 3. The molecular weight excluding hydrogens is 322 g/mol. The van der Waals surface area contributed by atoms with E-state index < -0.39 is 0 Å². The second-order valence-corrected chi connectivity index (χ2v) is 5.95. The molecule has 0 fully saturated rings. The fraction of sp³-hybridized carbons (Fsp3) is 0.294. The van der Waals surface area contributed by atoms with Crippen molar-refractivity contribution in [2.24, 2.45) is 0 Å². The van der Waals surface area contributed by atoms with Gasteiger partial charge in [-0.05, 0) is 26.1 Å². The molecule has 8 nitrogen and oxygen atoms in total. The average molecular weight is 339 g/mol. The lowest BCUT2D eigenvalue weighted by Crippen LogP contribution is -2.24. The monoisotopic (exact) mass is 339 g/mol. The van der Waals surface area contributed by atoms with Gasteiger partial charge in [-0.2, -0.15) is 4.98 Å². The van der Waals surface area contributed by atoms with Crippen molar-refractivity contribution in [1.82, 2.24) is 25.0 Å². The fourth-order valence-electron chi connectivity index (χ4n) is 2.69. The number of para-hydroxylation sites is 1. The number of furan rings is 1. The SMILES string of the molecule is CNC(C)Cc1noc(Cn2cnc3c(oc4ccccc43)c2=O)n1. The molecule has 8 heteroatoms.